The molecule has 1 heterocycles. The van der Waals surface area contributed by atoms with Crippen LogP contribution in [0.2, 0.25) is 0 Å². The van der Waals surface area contributed by atoms with Crippen molar-refractivity contribution in [3.8, 4) is 17.2 Å². The van der Waals surface area contributed by atoms with Crippen molar-refractivity contribution in [2.45, 2.75) is 0 Å². The lowest BCUT2D eigenvalue weighted by atomic mass is 10.1. The number of methoxy groups -OCH3 is 2. The monoisotopic (exact) mass is 418 g/mol. The average Bonchev–Trinajstić information content (AvgIpc) is 3.10. The number of carbonyl (C=O) groups is 1. The fourth-order valence-electron chi connectivity index (χ4n) is 3.28. The van der Waals surface area contributed by atoms with E-state index < -0.39 is 11.7 Å². The highest BCUT2D eigenvalue weighted by atomic mass is 19.1. The summed E-state index contributed by atoms with van der Waals surface area (Å²) in [4.78, 5) is 19.0. The van der Waals surface area contributed by atoms with Crippen molar-refractivity contribution in [1.29, 1.82) is 0 Å². The molecule has 4 rings (SSSR count). The molecule has 1 N–H and O–H groups in total. The summed E-state index contributed by atoms with van der Waals surface area (Å²) in [6, 6.07) is 17.4. The lowest BCUT2D eigenvalue weighted by Gasteiger charge is -2.18. The number of benzene rings is 3. The molecular weight excluding hydrogens is 399 g/mol. The SMILES string of the molecule is COc1ccc(/C=C2/N=C(c3ccccc3F)N(c3ccc(O)cc3)C2=O)cc1OC. The molecule has 0 aliphatic carbocycles. The maximum absolute atomic E-state index is 14.5. The van der Waals surface area contributed by atoms with E-state index in [9.17, 15) is 14.3 Å². The molecule has 0 spiro atoms. The van der Waals surface area contributed by atoms with E-state index in [0.717, 1.165) is 0 Å². The molecule has 3 aromatic carbocycles. The summed E-state index contributed by atoms with van der Waals surface area (Å²) in [7, 11) is 3.06. The van der Waals surface area contributed by atoms with E-state index in [1.165, 1.54) is 37.3 Å². The summed E-state index contributed by atoms with van der Waals surface area (Å²) in [5, 5.41) is 9.60. The number of amidine groups is 1. The third kappa shape index (κ3) is 3.85. The predicted octanol–water partition coefficient (Wildman–Crippen LogP) is 4.38. The Bertz CT molecular complexity index is 1200. The van der Waals surface area contributed by atoms with Crippen LogP contribution < -0.4 is 14.4 Å². The van der Waals surface area contributed by atoms with E-state index in [1.807, 2.05) is 0 Å². The maximum atomic E-state index is 14.5. The van der Waals surface area contributed by atoms with Crippen LogP contribution in [0.1, 0.15) is 11.1 Å². The standard InChI is InChI=1S/C24H19FN2O4/c1-30-21-12-7-15(14-22(21)31-2)13-20-24(29)27(16-8-10-17(28)11-9-16)23(26-20)18-5-3-4-6-19(18)25/h3-14,28H,1-2H3/b20-13+. The number of nitrogens with zero attached hydrogens (tertiary/aromatic N) is 2. The number of aromatic hydroxyl groups is 1. The predicted molar refractivity (Wildman–Crippen MR) is 116 cm³/mol. The quantitative estimate of drug-likeness (QED) is 0.624. The van der Waals surface area contributed by atoms with Crippen LogP contribution in [0.3, 0.4) is 0 Å². The number of amides is 1. The van der Waals surface area contributed by atoms with Crippen LogP contribution in [0.15, 0.2) is 77.4 Å². The van der Waals surface area contributed by atoms with Gasteiger partial charge in [0.2, 0.25) is 0 Å². The molecule has 0 atom stereocenters. The highest BCUT2D eigenvalue weighted by Gasteiger charge is 2.33. The molecule has 6 nitrogen and oxygen atoms in total. The van der Waals surface area contributed by atoms with Gasteiger partial charge in [0.25, 0.3) is 5.91 Å². The number of rotatable bonds is 5. The molecule has 31 heavy (non-hydrogen) atoms. The summed E-state index contributed by atoms with van der Waals surface area (Å²) in [5.41, 5.74) is 1.46. The zero-order chi connectivity index (χ0) is 22.0. The van der Waals surface area contributed by atoms with Crippen molar-refractivity contribution in [3.63, 3.8) is 0 Å². The van der Waals surface area contributed by atoms with Crippen LogP contribution in [0.4, 0.5) is 10.1 Å². The third-order valence-corrected chi connectivity index (χ3v) is 4.79. The second-order valence-electron chi connectivity index (χ2n) is 6.72. The summed E-state index contributed by atoms with van der Waals surface area (Å²) < 4.78 is 25.1. The topological polar surface area (TPSA) is 71.4 Å². The molecular formula is C24H19FN2O4. The Morgan fingerprint density at radius 1 is 0.968 bits per heavy atom. The van der Waals surface area contributed by atoms with E-state index in [0.29, 0.717) is 22.7 Å². The molecule has 0 saturated heterocycles. The number of anilines is 1. The summed E-state index contributed by atoms with van der Waals surface area (Å²) >= 11 is 0. The summed E-state index contributed by atoms with van der Waals surface area (Å²) in [6.45, 7) is 0. The Hall–Kier alpha value is -4.13. The van der Waals surface area contributed by atoms with Gasteiger partial charge in [-0.25, -0.2) is 9.38 Å². The fourth-order valence-corrected chi connectivity index (χ4v) is 3.28. The summed E-state index contributed by atoms with van der Waals surface area (Å²) in [5.74, 6) is 0.380. The van der Waals surface area contributed by atoms with Gasteiger partial charge >= 0.3 is 0 Å². The minimum atomic E-state index is -0.495. The zero-order valence-electron chi connectivity index (χ0n) is 16.9. The number of carbonyl (C=O) groups excluding carboxylic acids is 1. The first kappa shape index (κ1) is 20.2. The van der Waals surface area contributed by atoms with Gasteiger partial charge in [0.05, 0.1) is 25.5 Å². The van der Waals surface area contributed by atoms with Gasteiger partial charge in [-0.2, -0.15) is 0 Å². The van der Waals surface area contributed by atoms with Crippen LogP contribution in [-0.4, -0.2) is 31.1 Å². The van der Waals surface area contributed by atoms with Crippen molar-refractivity contribution in [2.75, 3.05) is 19.1 Å². The van der Waals surface area contributed by atoms with Crippen molar-refractivity contribution in [3.05, 3.63) is 89.4 Å². The molecule has 1 aliphatic rings. The third-order valence-electron chi connectivity index (χ3n) is 4.79. The molecule has 1 aliphatic heterocycles. The highest BCUT2D eigenvalue weighted by molar-refractivity contribution is 6.33. The van der Waals surface area contributed by atoms with Crippen LogP contribution in [0.25, 0.3) is 6.08 Å². The van der Waals surface area contributed by atoms with Crippen LogP contribution >= 0.6 is 0 Å². The van der Waals surface area contributed by atoms with Gasteiger partial charge in [0, 0.05) is 0 Å². The van der Waals surface area contributed by atoms with E-state index in [4.69, 9.17) is 9.47 Å². The number of ether oxygens (including phenoxy) is 2. The Balaban J connectivity index is 1.83. The van der Waals surface area contributed by atoms with Crippen LogP contribution in [-0.2, 0) is 4.79 Å². The maximum Gasteiger partial charge on any atom is 0.282 e. The first-order valence-corrected chi connectivity index (χ1v) is 9.42. The molecule has 1 amide bonds. The summed E-state index contributed by atoms with van der Waals surface area (Å²) in [6.07, 6.45) is 1.60. The van der Waals surface area contributed by atoms with E-state index in [2.05, 4.69) is 4.99 Å². The second kappa shape index (κ2) is 8.31. The van der Waals surface area contributed by atoms with Gasteiger partial charge in [0.15, 0.2) is 17.3 Å². The fraction of sp³-hybridized carbons (Fsp3) is 0.0833. The van der Waals surface area contributed by atoms with Crippen LogP contribution in [0.5, 0.6) is 17.2 Å². The van der Waals surface area contributed by atoms with Gasteiger partial charge in [-0.1, -0.05) is 18.2 Å². The normalized spacial score (nSPS) is 14.7. The zero-order valence-corrected chi connectivity index (χ0v) is 16.9. The van der Waals surface area contributed by atoms with Crippen molar-refractivity contribution in [2.24, 2.45) is 4.99 Å². The highest BCUT2D eigenvalue weighted by Crippen LogP contribution is 2.32. The Morgan fingerprint density at radius 2 is 1.68 bits per heavy atom. The molecule has 0 radical (unpaired) electrons. The van der Waals surface area contributed by atoms with Gasteiger partial charge in [-0.15, -0.1) is 0 Å². The number of hydrogen-bond donors (Lipinski definition) is 1. The lowest BCUT2D eigenvalue weighted by Crippen LogP contribution is -2.33. The molecule has 3 aromatic rings. The van der Waals surface area contributed by atoms with E-state index in [-0.39, 0.29) is 22.8 Å². The molecule has 0 fully saturated rings. The second-order valence-corrected chi connectivity index (χ2v) is 6.72. The smallest absolute Gasteiger partial charge is 0.282 e. The lowest BCUT2D eigenvalue weighted by molar-refractivity contribution is -0.113. The Morgan fingerprint density at radius 3 is 2.35 bits per heavy atom. The van der Waals surface area contributed by atoms with Gasteiger partial charge in [-0.05, 0) is 60.2 Å². The van der Waals surface area contributed by atoms with Gasteiger partial charge < -0.3 is 14.6 Å². The van der Waals surface area contributed by atoms with Crippen molar-refractivity contribution < 1.29 is 23.8 Å². The molecule has 0 unspecified atom stereocenters. The minimum absolute atomic E-state index is 0.0564. The van der Waals surface area contributed by atoms with E-state index in [1.54, 1.807) is 54.6 Å². The molecule has 0 bridgehead atoms. The largest absolute Gasteiger partial charge is 0.508 e. The molecule has 0 aromatic heterocycles. The Kier molecular flexibility index (Phi) is 5.41. The number of hydrogen-bond acceptors (Lipinski definition) is 5. The number of aliphatic imine (C=N–C) groups is 1. The number of halogens is 1. The first-order chi connectivity index (χ1) is 15.0. The van der Waals surface area contributed by atoms with E-state index >= 15 is 0 Å². The van der Waals surface area contributed by atoms with Gasteiger partial charge in [-0.3, -0.25) is 9.69 Å². The first-order valence-electron chi connectivity index (χ1n) is 9.42. The number of phenols is 1. The number of phenolic OH excluding ortho intramolecular Hbond substituents is 1. The average molecular weight is 418 g/mol. The Labute approximate surface area is 178 Å². The molecule has 156 valence electrons. The van der Waals surface area contributed by atoms with Crippen molar-refractivity contribution in [1.82, 2.24) is 0 Å². The minimum Gasteiger partial charge on any atom is -0.508 e. The molecule has 0 saturated carbocycles. The van der Waals surface area contributed by atoms with Crippen LogP contribution in [0, 0.1) is 5.82 Å². The van der Waals surface area contributed by atoms with Crippen molar-refractivity contribution >= 4 is 23.5 Å². The molecule has 7 heteroatoms. The van der Waals surface area contributed by atoms with Gasteiger partial charge in [0.1, 0.15) is 17.3 Å².